The molecule has 22 heavy (non-hydrogen) atoms. The highest BCUT2D eigenvalue weighted by molar-refractivity contribution is 5.84. The van der Waals surface area contributed by atoms with Gasteiger partial charge in [0.15, 0.2) is 5.79 Å². The van der Waals surface area contributed by atoms with E-state index in [9.17, 15) is 4.79 Å². The molecule has 4 heteroatoms. The van der Waals surface area contributed by atoms with Crippen molar-refractivity contribution in [2.24, 2.45) is 17.3 Å². The maximum absolute atomic E-state index is 12.8. The fourth-order valence-corrected chi connectivity index (χ4v) is 4.20. The van der Waals surface area contributed by atoms with E-state index in [1.54, 1.807) is 6.08 Å². The fraction of sp³-hybridized carbons (Fsp3) is 0.611. The van der Waals surface area contributed by atoms with Crippen molar-refractivity contribution in [3.05, 3.63) is 37.5 Å². The van der Waals surface area contributed by atoms with E-state index in [1.165, 1.54) is 0 Å². The Bertz CT molecular complexity index is 489. The van der Waals surface area contributed by atoms with Gasteiger partial charge in [-0.3, -0.25) is 4.79 Å². The van der Waals surface area contributed by atoms with Crippen molar-refractivity contribution in [1.29, 1.82) is 0 Å². The summed E-state index contributed by atoms with van der Waals surface area (Å²) in [5, 5.41) is 0. The molecule has 0 aromatic carbocycles. The van der Waals surface area contributed by atoms with Crippen molar-refractivity contribution in [3.63, 3.8) is 0 Å². The molecule has 0 amide bonds. The van der Waals surface area contributed by atoms with Crippen molar-refractivity contribution in [2.45, 2.75) is 25.0 Å². The van der Waals surface area contributed by atoms with Crippen LogP contribution in [0.15, 0.2) is 37.5 Å². The predicted molar refractivity (Wildman–Crippen MR) is 83.3 cm³/mol. The summed E-state index contributed by atoms with van der Waals surface area (Å²) in [6.07, 6.45) is 9.76. The number of carbonyl (C=O) groups is 1. The zero-order chi connectivity index (χ0) is 15.6. The molecule has 1 aliphatic heterocycles. The number of allylic oxidation sites excluding steroid dienone is 2. The Morgan fingerprint density at radius 2 is 2.00 bits per heavy atom. The third-order valence-corrected chi connectivity index (χ3v) is 5.22. The zero-order valence-corrected chi connectivity index (χ0v) is 13.0. The van der Waals surface area contributed by atoms with Crippen LogP contribution in [0, 0.1) is 17.3 Å². The molecule has 3 atom stereocenters. The highest BCUT2D eigenvalue weighted by atomic mass is 16.7. The molecule has 3 aliphatic rings. The smallest absolute Gasteiger partial charge is 0.182 e. The summed E-state index contributed by atoms with van der Waals surface area (Å²) in [5.74, 6) is -0.797. The summed E-state index contributed by atoms with van der Waals surface area (Å²) in [6, 6.07) is 0. The number of ether oxygens (including phenoxy) is 3. The Kier molecular flexibility index (Phi) is 4.35. The molecule has 0 N–H and O–H groups in total. The second-order valence-corrected chi connectivity index (χ2v) is 6.35. The van der Waals surface area contributed by atoms with Gasteiger partial charge in [0.05, 0.1) is 32.3 Å². The third kappa shape index (κ3) is 2.30. The van der Waals surface area contributed by atoms with E-state index in [-0.39, 0.29) is 17.6 Å². The summed E-state index contributed by atoms with van der Waals surface area (Å²) in [6.45, 7) is 9.67. The van der Waals surface area contributed by atoms with Gasteiger partial charge >= 0.3 is 0 Å². The van der Waals surface area contributed by atoms with Crippen molar-refractivity contribution in [3.8, 4) is 0 Å². The van der Waals surface area contributed by atoms with Crippen LogP contribution in [0.25, 0.3) is 0 Å². The first-order chi connectivity index (χ1) is 10.7. The molecule has 1 saturated heterocycles. The molecule has 2 fully saturated rings. The van der Waals surface area contributed by atoms with E-state index in [4.69, 9.17) is 14.2 Å². The van der Waals surface area contributed by atoms with Gasteiger partial charge in [-0.05, 0) is 12.8 Å². The van der Waals surface area contributed by atoms with Gasteiger partial charge in [-0.15, -0.1) is 13.2 Å². The van der Waals surface area contributed by atoms with Crippen molar-refractivity contribution >= 4 is 5.78 Å². The van der Waals surface area contributed by atoms with Gasteiger partial charge in [-0.25, -0.2) is 0 Å². The van der Waals surface area contributed by atoms with Gasteiger partial charge in [-0.1, -0.05) is 24.3 Å². The fourth-order valence-electron chi connectivity index (χ4n) is 4.20. The summed E-state index contributed by atoms with van der Waals surface area (Å²) < 4.78 is 17.8. The van der Waals surface area contributed by atoms with Gasteiger partial charge in [-0.2, -0.15) is 0 Å². The van der Waals surface area contributed by atoms with Gasteiger partial charge < -0.3 is 14.2 Å². The molecule has 2 bridgehead atoms. The Morgan fingerprint density at radius 3 is 2.68 bits per heavy atom. The molecular weight excluding hydrogens is 280 g/mol. The molecule has 1 heterocycles. The standard InChI is InChI=1S/C18H24O4/c1-3-9-20-13-17(4-2)12-15(19)14-7-5-6-8-16(17)18(14)21-10-11-22-18/h3-6,14,16H,1-2,7-13H2/t14-,16+,17-/m1/s1. The SMILES string of the molecule is C=CCOC[C@@]1(C=C)CC(=O)[C@H]2CC=CC[C@@H]1C21OCCO1. The van der Waals surface area contributed by atoms with Crippen molar-refractivity contribution in [1.82, 2.24) is 0 Å². The van der Waals surface area contributed by atoms with Crippen LogP contribution in [-0.2, 0) is 19.0 Å². The Labute approximate surface area is 131 Å². The first-order valence-corrected chi connectivity index (χ1v) is 7.96. The second kappa shape index (κ2) is 6.11. The van der Waals surface area contributed by atoms with E-state index in [0.717, 1.165) is 6.42 Å². The Balaban J connectivity index is 1.99. The number of carbonyl (C=O) groups excluding carboxylic acids is 1. The van der Waals surface area contributed by atoms with Crippen LogP contribution in [-0.4, -0.2) is 38.0 Å². The molecule has 4 nitrogen and oxygen atoms in total. The molecule has 3 rings (SSSR count). The molecule has 0 unspecified atom stereocenters. The second-order valence-electron chi connectivity index (χ2n) is 6.35. The monoisotopic (exact) mass is 304 g/mol. The number of hydrogen-bond acceptors (Lipinski definition) is 4. The van der Waals surface area contributed by atoms with E-state index in [1.807, 2.05) is 6.08 Å². The third-order valence-electron chi connectivity index (χ3n) is 5.22. The minimum absolute atomic E-state index is 0.0475. The molecule has 2 aliphatic carbocycles. The van der Waals surface area contributed by atoms with Gasteiger partial charge in [0.25, 0.3) is 0 Å². The summed E-state index contributed by atoms with van der Waals surface area (Å²) in [7, 11) is 0. The van der Waals surface area contributed by atoms with Gasteiger partial charge in [0.2, 0.25) is 0 Å². The van der Waals surface area contributed by atoms with E-state index in [2.05, 4.69) is 25.3 Å². The lowest BCUT2D eigenvalue weighted by Gasteiger charge is -2.52. The van der Waals surface area contributed by atoms with Crippen molar-refractivity contribution in [2.75, 3.05) is 26.4 Å². The maximum Gasteiger partial charge on any atom is 0.182 e. The largest absolute Gasteiger partial charge is 0.376 e. The van der Waals surface area contributed by atoms with Crippen LogP contribution in [0.3, 0.4) is 0 Å². The van der Waals surface area contributed by atoms with Crippen LogP contribution in [0.1, 0.15) is 19.3 Å². The average Bonchev–Trinajstić information content (AvgIpc) is 2.92. The maximum atomic E-state index is 12.8. The molecule has 1 saturated carbocycles. The van der Waals surface area contributed by atoms with Crippen molar-refractivity contribution < 1.29 is 19.0 Å². The lowest BCUT2D eigenvalue weighted by atomic mass is 9.59. The zero-order valence-electron chi connectivity index (χ0n) is 13.0. The number of hydrogen-bond donors (Lipinski definition) is 0. The minimum atomic E-state index is -0.815. The topological polar surface area (TPSA) is 44.8 Å². The minimum Gasteiger partial charge on any atom is -0.376 e. The van der Waals surface area contributed by atoms with Crippen LogP contribution in [0.4, 0.5) is 0 Å². The van der Waals surface area contributed by atoms with Gasteiger partial charge in [0.1, 0.15) is 5.78 Å². The highest BCUT2D eigenvalue weighted by Crippen LogP contribution is 2.56. The highest BCUT2D eigenvalue weighted by Gasteiger charge is 2.63. The molecule has 0 radical (unpaired) electrons. The number of rotatable bonds is 5. The number of Topliss-reactive ketones (excluding diaryl/α,β-unsaturated/α-hetero) is 1. The molecule has 0 aromatic heterocycles. The lowest BCUT2D eigenvalue weighted by molar-refractivity contribution is -0.260. The molecule has 120 valence electrons. The van der Waals surface area contributed by atoms with E-state index in [0.29, 0.717) is 39.3 Å². The Morgan fingerprint density at radius 1 is 1.27 bits per heavy atom. The predicted octanol–water partition coefficient (Wildman–Crippen LogP) is 2.66. The first kappa shape index (κ1) is 15.7. The first-order valence-electron chi connectivity index (χ1n) is 7.96. The molecular formula is C18H24O4. The van der Waals surface area contributed by atoms with Crippen LogP contribution in [0.2, 0.25) is 0 Å². The molecule has 1 spiro atoms. The van der Waals surface area contributed by atoms with Gasteiger partial charge in [0, 0.05) is 17.8 Å². The number of ketones is 1. The van der Waals surface area contributed by atoms with Crippen LogP contribution >= 0.6 is 0 Å². The normalized spacial score (nSPS) is 36.3. The van der Waals surface area contributed by atoms with Crippen LogP contribution < -0.4 is 0 Å². The van der Waals surface area contributed by atoms with E-state index >= 15 is 0 Å². The summed E-state index contributed by atoms with van der Waals surface area (Å²) >= 11 is 0. The summed E-state index contributed by atoms with van der Waals surface area (Å²) in [4.78, 5) is 12.8. The summed E-state index contributed by atoms with van der Waals surface area (Å²) in [5.41, 5.74) is -0.449. The molecule has 0 aromatic rings. The quantitative estimate of drug-likeness (QED) is 0.578. The van der Waals surface area contributed by atoms with Crippen LogP contribution in [0.5, 0.6) is 0 Å². The Hall–Kier alpha value is -1.23. The average molecular weight is 304 g/mol. The van der Waals surface area contributed by atoms with E-state index < -0.39 is 11.2 Å². The lowest BCUT2D eigenvalue weighted by Crippen LogP contribution is -2.60.